The number of nitrogens with one attached hydrogen (secondary N) is 1. The molecule has 3 aliphatic heterocycles. The van der Waals surface area contributed by atoms with Gasteiger partial charge in [0.15, 0.2) is 0 Å². The number of carbonyl (C=O) groups is 4. The number of rotatable bonds is 2. The second-order valence-electron chi connectivity index (χ2n) is 7.22. The highest BCUT2D eigenvalue weighted by atomic mass is 16.2. The molecule has 138 valence electrons. The molecule has 0 aromatic carbocycles. The smallest absolute Gasteiger partial charge is 0.264 e. The van der Waals surface area contributed by atoms with Gasteiger partial charge in [-0.2, -0.15) is 0 Å². The quantitative estimate of drug-likeness (QED) is 0.662. The van der Waals surface area contributed by atoms with Crippen LogP contribution in [0.5, 0.6) is 0 Å². The number of hydrogen-bond donors (Lipinski definition) is 1. The maximum Gasteiger partial charge on any atom is 0.264 e. The van der Waals surface area contributed by atoms with E-state index in [1.165, 1.54) is 0 Å². The normalized spacial score (nSPS) is 27.7. The Balaban J connectivity index is 1.66. The molecule has 0 aromatic heterocycles. The van der Waals surface area contributed by atoms with Crippen LogP contribution >= 0.6 is 0 Å². The van der Waals surface area contributed by atoms with E-state index in [0.29, 0.717) is 17.6 Å². The maximum atomic E-state index is 13.1. The first-order valence-corrected chi connectivity index (χ1v) is 9.06. The molecule has 8 nitrogen and oxygen atoms in total. The Morgan fingerprint density at radius 3 is 2.42 bits per heavy atom. The van der Waals surface area contributed by atoms with Gasteiger partial charge in [0.25, 0.3) is 11.8 Å². The zero-order valence-electron chi connectivity index (χ0n) is 14.8. The molecule has 8 heteroatoms. The van der Waals surface area contributed by atoms with E-state index in [1.54, 1.807) is 6.08 Å². The molecule has 0 saturated carbocycles. The predicted octanol–water partition coefficient (Wildman–Crippen LogP) is -0.618. The Morgan fingerprint density at radius 2 is 1.73 bits per heavy atom. The molecule has 0 spiro atoms. The van der Waals surface area contributed by atoms with Crippen LogP contribution < -0.4 is 5.32 Å². The van der Waals surface area contributed by atoms with Gasteiger partial charge in [-0.25, -0.2) is 0 Å². The summed E-state index contributed by atoms with van der Waals surface area (Å²) in [7, 11) is 2.07. The van der Waals surface area contributed by atoms with Crippen molar-refractivity contribution < 1.29 is 19.2 Å². The van der Waals surface area contributed by atoms with Crippen molar-refractivity contribution in [1.82, 2.24) is 20.0 Å². The number of piperazine rings is 1. The van der Waals surface area contributed by atoms with Crippen LogP contribution in [0.25, 0.3) is 0 Å². The Morgan fingerprint density at radius 1 is 1.00 bits per heavy atom. The van der Waals surface area contributed by atoms with Crippen LogP contribution in [0.3, 0.4) is 0 Å². The first kappa shape index (κ1) is 17.0. The van der Waals surface area contributed by atoms with Gasteiger partial charge in [0, 0.05) is 38.3 Å². The standard InChI is InChI=1S/C18H22N4O4/c1-20-7-9-21(10-8-20)12-4-2-3-11-15(12)18(26)22(17(11)25)13-5-6-14(23)19-16(13)24/h3,13H,2,4-10H2,1H3,(H,19,23,24). The minimum Gasteiger partial charge on any atom is -0.372 e. The summed E-state index contributed by atoms with van der Waals surface area (Å²) in [5, 5.41) is 2.23. The summed E-state index contributed by atoms with van der Waals surface area (Å²) in [6, 6.07) is -0.902. The van der Waals surface area contributed by atoms with E-state index < -0.39 is 23.8 Å². The van der Waals surface area contributed by atoms with E-state index in [0.717, 1.165) is 43.2 Å². The van der Waals surface area contributed by atoms with Gasteiger partial charge in [-0.1, -0.05) is 6.08 Å². The van der Waals surface area contributed by atoms with Crippen molar-refractivity contribution in [2.24, 2.45) is 0 Å². The highest BCUT2D eigenvalue weighted by Crippen LogP contribution is 2.37. The third kappa shape index (κ3) is 2.65. The van der Waals surface area contributed by atoms with Gasteiger partial charge in [0.1, 0.15) is 6.04 Å². The van der Waals surface area contributed by atoms with Crippen LogP contribution in [0, 0.1) is 0 Å². The van der Waals surface area contributed by atoms with E-state index in [-0.39, 0.29) is 18.7 Å². The number of nitrogens with zero attached hydrogens (tertiary/aromatic N) is 3. The summed E-state index contributed by atoms with van der Waals surface area (Å²) in [4.78, 5) is 55.0. The van der Waals surface area contributed by atoms with E-state index in [1.807, 2.05) is 0 Å². The van der Waals surface area contributed by atoms with Crippen LogP contribution in [-0.2, 0) is 19.2 Å². The molecule has 1 N–H and O–H groups in total. The SMILES string of the molecule is CN1CCN(C2=C3C(=O)N(C4CCC(=O)NC4=O)C(=O)C3=CCC2)CC1. The van der Waals surface area contributed by atoms with Crippen molar-refractivity contribution in [2.75, 3.05) is 33.2 Å². The Labute approximate surface area is 151 Å². The first-order valence-electron chi connectivity index (χ1n) is 9.06. The number of hydrogen-bond acceptors (Lipinski definition) is 6. The number of imide groups is 2. The molecule has 3 fully saturated rings. The highest BCUT2D eigenvalue weighted by Gasteiger charge is 2.48. The van der Waals surface area contributed by atoms with Crippen molar-refractivity contribution >= 4 is 23.6 Å². The van der Waals surface area contributed by atoms with Crippen LogP contribution in [0.1, 0.15) is 25.7 Å². The van der Waals surface area contributed by atoms with Gasteiger partial charge >= 0.3 is 0 Å². The fraction of sp³-hybridized carbons (Fsp3) is 0.556. The lowest BCUT2D eigenvalue weighted by Crippen LogP contribution is -2.54. The monoisotopic (exact) mass is 358 g/mol. The molecule has 3 heterocycles. The average molecular weight is 358 g/mol. The van der Waals surface area contributed by atoms with Crippen molar-refractivity contribution in [3.63, 3.8) is 0 Å². The maximum absolute atomic E-state index is 13.1. The minimum atomic E-state index is -0.902. The van der Waals surface area contributed by atoms with Crippen molar-refractivity contribution in [2.45, 2.75) is 31.7 Å². The minimum absolute atomic E-state index is 0.136. The molecule has 4 aliphatic rings. The molecule has 1 atom stereocenters. The lowest BCUT2D eigenvalue weighted by Gasteiger charge is -2.37. The van der Waals surface area contributed by atoms with Gasteiger partial charge in [-0.15, -0.1) is 0 Å². The molecule has 1 aliphatic carbocycles. The predicted molar refractivity (Wildman–Crippen MR) is 91.4 cm³/mol. The van der Waals surface area contributed by atoms with Gasteiger partial charge in [0.2, 0.25) is 11.8 Å². The summed E-state index contributed by atoms with van der Waals surface area (Å²) in [5.74, 6) is -1.74. The number of fused-ring (bicyclic) bond motifs is 1. The molecule has 4 rings (SSSR count). The molecule has 0 aromatic rings. The number of allylic oxidation sites excluding steroid dienone is 2. The van der Waals surface area contributed by atoms with E-state index in [2.05, 4.69) is 22.2 Å². The lowest BCUT2D eigenvalue weighted by molar-refractivity contribution is -0.149. The van der Waals surface area contributed by atoms with Crippen molar-refractivity contribution in [3.8, 4) is 0 Å². The second kappa shape index (κ2) is 6.35. The molecule has 0 radical (unpaired) electrons. The zero-order valence-corrected chi connectivity index (χ0v) is 14.8. The average Bonchev–Trinajstić information content (AvgIpc) is 2.87. The zero-order chi connectivity index (χ0) is 18.4. The van der Waals surface area contributed by atoms with Crippen molar-refractivity contribution in [3.05, 3.63) is 22.9 Å². The Hall–Kier alpha value is -2.48. The largest absolute Gasteiger partial charge is 0.372 e. The highest BCUT2D eigenvalue weighted by molar-refractivity contribution is 6.26. The Kier molecular flexibility index (Phi) is 4.14. The molecule has 26 heavy (non-hydrogen) atoms. The van der Waals surface area contributed by atoms with Crippen LogP contribution in [0.2, 0.25) is 0 Å². The molecular weight excluding hydrogens is 336 g/mol. The number of likely N-dealkylation sites (tertiary alicyclic amines) is 1. The van der Waals surface area contributed by atoms with Gasteiger partial charge in [-0.3, -0.25) is 29.4 Å². The topological polar surface area (TPSA) is 90.0 Å². The third-order valence-corrected chi connectivity index (χ3v) is 5.58. The molecule has 4 amide bonds. The van der Waals surface area contributed by atoms with Crippen molar-refractivity contribution in [1.29, 1.82) is 0 Å². The van der Waals surface area contributed by atoms with Crippen LogP contribution in [0.15, 0.2) is 22.9 Å². The number of amides is 4. The molecule has 3 saturated heterocycles. The first-order chi connectivity index (χ1) is 12.5. The summed E-state index contributed by atoms with van der Waals surface area (Å²) >= 11 is 0. The lowest BCUT2D eigenvalue weighted by atomic mass is 9.95. The van der Waals surface area contributed by atoms with E-state index >= 15 is 0 Å². The van der Waals surface area contributed by atoms with Gasteiger partial charge in [-0.05, 0) is 26.3 Å². The van der Waals surface area contributed by atoms with Gasteiger partial charge < -0.3 is 9.80 Å². The fourth-order valence-electron chi connectivity index (χ4n) is 4.12. The van der Waals surface area contributed by atoms with Crippen LogP contribution in [-0.4, -0.2) is 77.6 Å². The number of carbonyl (C=O) groups excluding carboxylic acids is 4. The number of likely N-dealkylation sites (N-methyl/N-ethyl adjacent to an activating group) is 1. The summed E-state index contributed by atoms with van der Waals surface area (Å²) in [6.45, 7) is 3.47. The summed E-state index contributed by atoms with van der Waals surface area (Å²) in [6.07, 6.45) is 3.57. The number of piperidine rings is 1. The molecule has 1 unspecified atom stereocenters. The molecule has 0 bridgehead atoms. The molecular formula is C18H22N4O4. The van der Waals surface area contributed by atoms with E-state index in [4.69, 9.17) is 0 Å². The Bertz CT molecular complexity index is 761. The van der Waals surface area contributed by atoms with Gasteiger partial charge in [0.05, 0.1) is 11.1 Å². The summed E-state index contributed by atoms with van der Waals surface area (Å²) in [5.41, 5.74) is 1.79. The van der Waals surface area contributed by atoms with E-state index in [9.17, 15) is 19.2 Å². The second-order valence-corrected chi connectivity index (χ2v) is 7.22. The summed E-state index contributed by atoms with van der Waals surface area (Å²) < 4.78 is 0. The van der Waals surface area contributed by atoms with Crippen LogP contribution in [0.4, 0.5) is 0 Å². The third-order valence-electron chi connectivity index (χ3n) is 5.58. The fourth-order valence-corrected chi connectivity index (χ4v) is 4.12.